The number of hydrogen-bond acceptors (Lipinski definition) is 1. The van der Waals surface area contributed by atoms with E-state index in [9.17, 15) is 0 Å². The minimum Gasteiger partial charge on any atom is -0.358 e. The van der Waals surface area contributed by atoms with E-state index in [-0.39, 0.29) is 27.5 Å². The average molecular weight is 877 g/mol. The summed E-state index contributed by atoms with van der Waals surface area (Å²) in [6, 6.07) is 59.1. The Morgan fingerprint density at radius 2 is 0.944 bits per heavy atom. The van der Waals surface area contributed by atoms with Gasteiger partial charge in [0.1, 0.15) is 0 Å². The Morgan fingerprint density at radius 1 is 0.500 bits per heavy atom. The van der Waals surface area contributed by atoms with Gasteiger partial charge in [0.25, 0.3) is 0 Å². The van der Waals surface area contributed by atoms with Crippen molar-refractivity contribution in [1.29, 1.82) is 0 Å². The fraction of sp³-hybridized carbons (Fsp3) is 0.0612. The van der Waals surface area contributed by atoms with E-state index in [0.29, 0.717) is 0 Å². The molecule has 5 heteroatoms. The topological polar surface area (TPSA) is 27.7 Å². The third-order valence-electron chi connectivity index (χ3n) is 9.97. The van der Waals surface area contributed by atoms with E-state index in [0.717, 1.165) is 11.4 Å². The second-order valence-corrected chi connectivity index (χ2v) is 13.4. The molecular formula is C49H40IrN4-2. The monoisotopic (exact) mass is 877 g/mol. The van der Waals surface area contributed by atoms with Crippen molar-refractivity contribution in [2.24, 2.45) is 0 Å². The van der Waals surface area contributed by atoms with Gasteiger partial charge in [-0.2, -0.15) is 0 Å². The normalized spacial score (nSPS) is 10.9. The molecule has 10 aromatic rings. The molecule has 3 aromatic heterocycles. The summed E-state index contributed by atoms with van der Waals surface area (Å²) in [6.07, 6.45) is 3.86. The standard InChI is InChI=1S/C30H20N2.C18H17N2.CH3.Ir/c1-5-16-27-23(12-1)24-13-2-6-17-28(24)31(27)21-10-9-11-22(20-21)32-29-18-7-3-14-25(29)26-15-4-8-19-30(26)32;1-13-11-14(2)17(15(3)12-13)20-10-9-19-18(20)16-7-5-4-6-8-16;;/h1-20H;4-7,9-12H,1-3H3;1H3;/q;2*-1;. The smallest absolute Gasteiger partial charge is 0.0602 e. The summed E-state index contributed by atoms with van der Waals surface area (Å²) in [5.74, 6) is 0.931. The SMILES string of the molecule is Cc1cc(C)c(-n2ccnc2-c2[c-]cccc2)c(C)c1.[CH3-].[Ir].c1cc(-n2c3ccccc3c3ccccc32)cc(-n2c3ccccc3c3ccccc32)c1. The van der Waals surface area contributed by atoms with E-state index >= 15 is 0 Å². The van der Waals surface area contributed by atoms with Crippen LogP contribution in [0.3, 0.4) is 0 Å². The number of rotatable bonds is 4. The molecule has 7 aromatic carbocycles. The van der Waals surface area contributed by atoms with Crippen molar-refractivity contribution in [3.05, 3.63) is 200 Å². The zero-order chi connectivity index (χ0) is 35.2. The van der Waals surface area contributed by atoms with Crippen LogP contribution in [-0.4, -0.2) is 18.7 Å². The first-order chi connectivity index (χ1) is 25.6. The Bertz CT molecular complexity index is 2630. The molecule has 0 aliphatic rings. The van der Waals surface area contributed by atoms with Crippen LogP contribution in [0.4, 0.5) is 0 Å². The van der Waals surface area contributed by atoms with Gasteiger partial charge in [-0.25, -0.2) is 0 Å². The summed E-state index contributed by atoms with van der Waals surface area (Å²) >= 11 is 0. The van der Waals surface area contributed by atoms with Crippen LogP contribution >= 0.6 is 0 Å². The van der Waals surface area contributed by atoms with Gasteiger partial charge in [0, 0.05) is 71.1 Å². The molecule has 54 heavy (non-hydrogen) atoms. The fourth-order valence-corrected chi connectivity index (χ4v) is 7.94. The maximum atomic E-state index is 4.50. The van der Waals surface area contributed by atoms with Crippen LogP contribution in [0.5, 0.6) is 0 Å². The first kappa shape index (κ1) is 36.4. The summed E-state index contributed by atoms with van der Waals surface area (Å²) < 4.78 is 6.90. The molecule has 0 bridgehead atoms. The van der Waals surface area contributed by atoms with Crippen LogP contribution in [-0.2, 0) is 20.1 Å². The molecule has 0 atom stereocenters. The predicted octanol–water partition coefficient (Wildman–Crippen LogP) is 12.6. The second-order valence-electron chi connectivity index (χ2n) is 13.4. The molecule has 0 unspecified atom stereocenters. The molecule has 0 fully saturated rings. The van der Waals surface area contributed by atoms with Gasteiger partial charge < -0.3 is 21.1 Å². The van der Waals surface area contributed by atoms with Crippen molar-refractivity contribution in [2.75, 3.05) is 0 Å². The van der Waals surface area contributed by atoms with E-state index < -0.39 is 0 Å². The van der Waals surface area contributed by atoms with Crippen LogP contribution in [0.1, 0.15) is 16.7 Å². The van der Waals surface area contributed by atoms with Gasteiger partial charge in [0.2, 0.25) is 0 Å². The largest absolute Gasteiger partial charge is 0.358 e. The molecule has 0 aliphatic carbocycles. The van der Waals surface area contributed by atoms with Gasteiger partial charge in [-0.1, -0.05) is 96.6 Å². The molecule has 0 amide bonds. The third-order valence-corrected chi connectivity index (χ3v) is 9.97. The van der Waals surface area contributed by atoms with Crippen molar-refractivity contribution >= 4 is 43.6 Å². The number of nitrogens with zero attached hydrogens (tertiary/aromatic N) is 4. The van der Waals surface area contributed by atoms with Crippen LogP contribution in [0.2, 0.25) is 0 Å². The minimum atomic E-state index is 0. The molecule has 3 heterocycles. The van der Waals surface area contributed by atoms with Gasteiger partial charge in [-0.15, -0.1) is 35.9 Å². The fourth-order valence-electron chi connectivity index (χ4n) is 7.94. The van der Waals surface area contributed by atoms with E-state index in [4.69, 9.17) is 0 Å². The summed E-state index contributed by atoms with van der Waals surface area (Å²) in [7, 11) is 0. The van der Waals surface area contributed by atoms with Gasteiger partial charge in [-0.05, 0) is 74.4 Å². The van der Waals surface area contributed by atoms with Gasteiger partial charge in [-0.3, -0.25) is 4.98 Å². The van der Waals surface area contributed by atoms with Gasteiger partial charge in [0.05, 0.1) is 27.9 Å². The van der Waals surface area contributed by atoms with Crippen LogP contribution in [0.15, 0.2) is 170 Å². The van der Waals surface area contributed by atoms with Gasteiger partial charge >= 0.3 is 0 Å². The Balaban J connectivity index is 0.000000178. The molecule has 0 aliphatic heterocycles. The van der Waals surface area contributed by atoms with Gasteiger partial charge in [0.15, 0.2) is 0 Å². The third kappa shape index (κ3) is 6.26. The Kier molecular flexibility index (Phi) is 10.2. The molecule has 0 N–H and O–H groups in total. The molecular weight excluding hydrogens is 837 g/mol. The number of fused-ring (bicyclic) bond motifs is 6. The average Bonchev–Trinajstić information content (AvgIpc) is 3.88. The molecule has 0 spiro atoms. The molecule has 1 radical (unpaired) electrons. The van der Waals surface area contributed by atoms with Crippen molar-refractivity contribution in [3.8, 4) is 28.5 Å². The predicted molar refractivity (Wildman–Crippen MR) is 224 cm³/mol. The van der Waals surface area contributed by atoms with E-state index in [1.807, 2.05) is 36.7 Å². The molecule has 4 nitrogen and oxygen atoms in total. The van der Waals surface area contributed by atoms with E-state index in [1.54, 1.807) is 0 Å². The van der Waals surface area contributed by atoms with Crippen LogP contribution in [0.25, 0.3) is 72.1 Å². The van der Waals surface area contributed by atoms with Crippen molar-refractivity contribution in [1.82, 2.24) is 18.7 Å². The number of benzene rings is 7. The van der Waals surface area contributed by atoms with Crippen molar-refractivity contribution in [2.45, 2.75) is 20.8 Å². The Labute approximate surface area is 330 Å². The molecule has 0 saturated carbocycles. The summed E-state index contributed by atoms with van der Waals surface area (Å²) in [5.41, 5.74) is 13.3. The maximum absolute atomic E-state index is 4.50. The first-order valence-corrected chi connectivity index (χ1v) is 17.7. The first-order valence-electron chi connectivity index (χ1n) is 17.7. The molecule has 0 saturated heterocycles. The van der Waals surface area contributed by atoms with Crippen molar-refractivity contribution in [3.63, 3.8) is 0 Å². The van der Waals surface area contributed by atoms with Crippen LogP contribution < -0.4 is 0 Å². The quantitative estimate of drug-likeness (QED) is 0.162. The number of imidazole rings is 1. The number of hydrogen-bond donors (Lipinski definition) is 0. The van der Waals surface area contributed by atoms with Crippen molar-refractivity contribution < 1.29 is 20.1 Å². The summed E-state index contributed by atoms with van der Waals surface area (Å²) in [6.45, 7) is 6.42. The number of aromatic nitrogens is 4. The zero-order valence-electron chi connectivity index (χ0n) is 30.8. The number of para-hydroxylation sites is 4. The second kappa shape index (κ2) is 15.2. The summed E-state index contributed by atoms with van der Waals surface area (Å²) in [4.78, 5) is 4.50. The minimum absolute atomic E-state index is 0. The van der Waals surface area contributed by atoms with E-state index in [1.165, 1.54) is 77.4 Å². The molecule has 10 rings (SSSR count). The van der Waals surface area contributed by atoms with Crippen LogP contribution in [0, 0.1) is 34.3 Å². The molecule has 267 valence electrons. The Morgan fingerprint density at radius 3 is 1.39 bits per heavy atom. The zero-order valence-corrected chi connectivity index (χ0v) is 33.2. The number of aryl methyl sites for hydroxylation is 3. The maximum Gasteiger partial charge on any atom is 0.0602 e. The Hall–Kier alpha value is -6.00. The van der Waals surface area contributed by atoms with E-state index in [2.05, 4.69) is 179 Å². The summed E-state index contributed by atoms with van der Waals surface area (Å²) in [5, 5.41) is 5.13.